The van der Waals surface area contributed by atoms with Gasteiger partial charge in [-0.15, -0.1) is 0 Å². The van der Waals surface area contributed by atoms with E-state index >= 15 is 0 Å². The van der Waals surface area contributed by atoms with Crippen molar-refractivity contribution in [2.75, 3.05) is 24.6 Å². The Morgan fingerprint density at radius 2 is 2.07 bits per heavy atom. The zero-order valence-electron chi connectivity index (χ0n) is 15.9. The maximum Gasteiger partial charge on any atom is 0.220 e. The van der Waals surface area contributed by atoms with E-state index in [9.17, 15) is 15.2 Å². The molecular formula is C21H23N5O2. The van der Waals surface area contributed by atoms with Gasteiger partial charge in [-0.25, -0.2) is 4.98 Å². The number of carbonyl (C=O) groups excluding carboxylic acids is 1. The number of para-hydroxylation sites is 2. The number of aliphatic hydroxyl groups excluding tert-OH is 1. The minimum absolute atomic E-state index is 0.00536. The Kier molecular flexibility index (Phi) is 4.65. The van der Waals surface area contributed by atoms with Gasteiger partial charge < -0.3 is 15.7 Å². The summed E-state index contributed by atoms with van der Waals surface area (Å²) in [4.78, 5) is 18.5. The number of piperidine rings is 1. The number of benzene rings is 1. The van der Waals surface area contributed by atoms with Gasteiger partial charge in [-0.2, -0.15) is 5.26 Å². The first kappa shape index (κ1) is 18.3. The standard InChI is InChI=1S/C21H23N5O2/c1-13-15(8-11-27)21(25-9-6-14(7-10-25)19(23)28)26-18-5-3-2-4-17(18)24-20(26)16(13)12-22/h2-5,14,27H,6-11H2,1H3,(H2,23,28). The average Bonchev–Trinajstić information content (AvgIpc) is 3.08. The quantitative estimate of drug-likeness (QED) is 0.722. The van der Waals surface area contributed by atoms with Gasteiger partial charge in [0.2, 0.25) is 5.91 Å². The van der Waals surface area contributed by atoms with Crippen molar-refractivity contribution in [1.82, 2.24) is 9.38 Å². The highest BCUT2D eigenvalue weighted by Gasteiger charge is 2.28. The highest BCUT2D eigenvalue weighted by Crippen LogP contribution is 2.35. The number of nitriles is 1. The third-order valence-electron chi connectivity index (χ3n) is 5.76. The van der Waals surface area contributed by atoms with E-state index in [0.29, 0.717) is 43.6 Å². The summed E-state index contributed by atoms with van der Waals surface area (Å²) < 4.78 is 2.04. The van der Waals surface area contributed by atoms with Crippen LogP contribution in [0.2, 0.25) is 0 Å². The minimum atomic E-state index is -0.246. The van der Waals surface area contributed by atoms with E-state index in [1.807, 2.05) is 35.6 Å². The molecule has 1 aliphatic rings. The van der Waals surface area contributed by atoms with Gasteiger partial charge in [0.05, 0.1) is 16.6 Å². The lowest BCUT2D eigenvalue weighted by Crippen LogP contribution is -2.40. The largest absolute Gasteiger partial charge is 0.396 e. The van der Waals surface area contributed by atoms with Crippen LogP contribution in [0.4, 0.5) is 5.82 Å². The molecule has 7 nitrogen and oxygen atoms in total. The predicted molar refractivity (Wildman–Crippen MR) is 107 cm³/mol. The lowest BCUT2D eigenvalue weighted by atomic mass is 9.95. The number of anilines is 1. The van der Waals surface area contributed by atoms with Crippen molar-refractivity contribution in [3.05, 3.63) is 41.0 Å². The Bertz CT molecular complexity index is 1100. The molecule has 0 radical (unpaired) electrons. The van der Waals surface area contributed by atoms with Gasteiger partial charge in [-0.05, 0) is 49.4 Å². The van der Waals surface area contributed by atoms with Crippen molar-refractivity contribution in [3.63, 3.8) is 0 Å². The minimum Gasteiger partial charge on any atom is -0.396 e. The molecular weight excluding hydrogens is 354 g/mol. The van der Waals surface area contributed by atoms with E-state index in [0.717, 1.165) is 28.0 Å². The van der Waals surface area contributed by atoms with Gasteiger partial charge in [0.1, 0.15) is 11.9 Å². The summed E-state index contributed by atoms with van der Waals surface area (Å²) in [5.41, 5.74) is 10.2. The van der Waals surface area contributed by atoms with E-state index < -0.39 is 0 Å². The van der Waals surface area contributed by atoms with Gasteiger partial charge in [0.25, 0.3) is 0 Å². The van der Waals surface area contributed by atoms with Crippen LogP contribution in [0.5, 0.6) is 0 Å². The van der Waals surface area contributed by atoms with Crippen LogP contribution in [-0.4, -0.2) is 40.1 Å². The predicted octanol–water partition coefficient (Wildman–Crippen LogP) is 1.90. The fraction of sp³-hybridized carbons (Fsp3) is 0.381. The smallest absolute Gasteiger partial charge is 0.220 e. The number of pyridine rings is 1. The number of hydrogen-bond acceptors (Lipinski definition) is 5. The van der Waals surface area contributed by atoms with Crippen molar-refractivity contribution in [2.24, 2.45) is 11.7 Å². The highest BCUT2D eigenvalue weighted by atomic mass is 16.3. The number of primary amides is 1. The molecule has 0 atom stereocenters. The summed E-state index contributed by atoms with van der Waals surface area (Å²) >= 11 is 0. The molecule has 0 aliphatic carbocycles. The van der Waals surface area contributed by atoms with Crippen molar-refractivity contribution < 1.29 is 9.90 Å². The molecule has 1 aromatic carbocycles. The molecule has 4 rings (SSSR count). The second-order valence-electron chi connectivity index (χ2n) is 7.31. The van der Waals surface area contributed by atoms with Crippen molar-refractivity contribution in [2.45, 2.75) is 26.2 Å². The molecule has 7 heteroatoms. The van der Waals surface area contributed by atoms with Crippen LogP contribution in [0, 0.1) is 24.2 Å². The number of nitrogens with two attached hydrogens (primary N) is 1. The summed E-state index contributed by atoms with van der Waals surface area (Å²) in [6.07, 6.45) is 1.84. The molecule has 2 aromatic heterocycles. The highest BCUT2D eigenvalue weighted by molar-refractivity contribution is 5.86. The number of fused-ring (bicyclic) bond motifs is 3. The lowest BCUT2D eigenvalue weighted by Gasteiger charge is -2.35. The monoisotopic (exact) mass is 377 g/mol. The van der Waals surface area contributed by atoms with Crippen LogP contribution in [0.1, 0.15) is 29.5 Å². The molecule has 0 saturated carbocycles. The zero-order chi connectivity index (χ0) is 19.8. The van der Waals surface area contributed by atoms with E-state index in [2.05, 4.69) is 11.0 Å². The number of rotatable bonds is 4. The molecule has 28 heavy (non-hydrogen) atoms. The molecule has 0 unspecified atom stereocenters. The third-order valence-corrected chi connectivity index (χ3v) is 5.76. The molecule has 144 valence electrons. The van der Waals surface area contributed by atoms with Crippen molar-refractivity contribution >= 4 is 28.4 Å². The maximum atomic E-state index is 11.6. The van der Waals surface area contributed by atoms with Gasteiger partial charge >= 0.3 is 0 Å². The molecule has 1 aliphatic heterocycles. The summed E-state index contributed by atoms with van der Waals surface area (Å²) in [5.74, 6) is 0.605. The Morgan fingerprint density at radius 1 is 1.36 bits per heavy atom. The Morgan fingerprint density at radius 3 is 2.71 bits per heavy atom. The van der Waals surface area contributed by atoms with Gasteiger partial charge in [-0.1, -0.05) is 12.1 Å². The van der Waals surface area contributed by atoms with E-state index in [1.165, 1.54) is 0 Å². The van der Waals surface area contributed by atoms with Crippen LogP contribution in [-0.2, 0) is 11.2 Å². The number of amides is 1. The molecule has 3 N–H and O–H groups in total. The number of carbonyl (C=O) groups is 1. The number of nitrogens with zero attached hydrogens (tertiary/aromatic N) is 4. The van der Waals surface area contributed by atoms with Gasteiger partial charge in [0.15, 0.2) is 5.65 Å². The Balaban J connectivity index is 1.99. The summed E-state index contributed by atoms with van der Waals surface area (Å²) in [6, 6.07) is 10.1. The van der Waals surface area contributed by atoms with Gasteiger partial charge in [-0.3, -0.25) is 9.20 Å². The van der Waals surface area contributed by atoms with Crippen LogP contribution >= 0.6 is 0 Å². The molecule has 1 saturated heterocycles. The first-order valence-corrected chi connectivity index (χ1v) is 9.54. The Hall–Kier alpha value is -3.11. The molecule has 3 heterocycles. The third kappa shape index (κ3) is 2.77. The molecule has 1 fully saturated rings. The SMILES string of the molecule is Cc1c(CCO)c(N2CCC(C(N)=O)CC2)n2c(nc3ccccc32)c1C#N. The van der Waals surface area contributed by atoms with Crippen LogP contribution in [0.15, 0.2) is 24.3 Å². The molecule has 1 amide bonds. The van der Waals surface area contributed by atoms with E-state index in [4.69, 9.17) is 10.7 Å². The summed E-state index contributed by atoms with van der Waals surface area (Å²) in [6.45, 7) is 3.30. The van der Waals surface area contributed by atoms with Crippen LogP contribution in [0.3, 0.4) is 0 Å². The second-order valence-corrected chi connectivity index (χ2v) is 7.31. The first-order chi connectivity index (χ1) is 13.6. The first-order valence-electron chi connectivity index (χ1n) is 9.54. The van der Waals surface area contributed by atoms with Crippen molar-refractivity contribution in [3.8, 4) is 6.07 Å². The van der Waals surface area contributed by atoms with Gasteiger partial charge in [0, 0.05) is 25.6 Å². The fourth-order valence-corrected chi connectivity index (χ4v) is 4.28. The van der Waals surface area contributed by atoms with Crippen LogP contribution in [0.25, 0.3) is 16.7 Å². The second kappa shape index (κ2) is 7.13. The number of imidazole rings is 1. The topological polar surface area (TPSA) is 108 Å². The fourth-order valence-electron chi connectivity index (χ4n) is 4.28. The Labute approximate surface area is 163 Å². The molecule has 0 spiro atoms. The van der Waals surface area contributed by atoms with Crippen molar-refractivity contribution in [1.29, 1.82) is 5.26 Å². The summed E-state index contributed by atoms with van der Waals surface area (Å²) in [7, 11) is 0. The number of aliphatic hydroxyl groups is 1. The van der Waals surface area contributed by atoms with Crippen LogP contribution < -0.4 is 10.6 Å². The number of aromatic nitrogens is 2. The lowest BCUT2D eigenvalue weighted by molar-refractivity contribution is -0.122. The molecule has 0 bridgehead atoms. The molecule has 3 aromatic rings. The summed E-state index contributed by atoms with van der Waals surface area (Å²) in [5, 5.41) is 19.5. The normalized spacial score (nSPS) is 15.2. The van der Waals surface area contributed by atoms with E-state index in [-0.39, 0.29) is 18.4 Å². The average molecular weight is 377 g/mol. The maximum absolute atomic E-state index is 11.6. The van der Waals surface area contributed by atoms with E-state index in [1.54, 1.807) is 0 Å². The zero-order valence-corrected chi connectivity index (χ0v) is 15.9. The number of hydrogen-bond donors (Lipinski definition) is 2.